The van der Waals surface area contributed by atoms with Crippen molar-refractivity contribution in [2.45, 2.75) is 43.9 Å². The van der Waals surface area contributed by atoms with Gasteiger partial charge in [-0.3, -0.25) is 14.8 Å². The number of nitrogens with zero attached hydrogens (tertiary/aromatic N) is 2. The molecule has 1 heterocycles. The van der Waals surface area contributed by atoms with Crippen LogP contribution in [0, 0.1) is 0 Å². The maximum atomic E-state index is 13.2. The lowest BCUT2D eigenvalue weighted by atomic mass is 10.1. The summed E-state index contributed by atoms with van der Waals surface area (Å²) in [5, 5.41) is 11.1. The predicted molar refractivity (Wildman–Crippen MR) is 113 cm³/mol. The standard InChI is InChI=1S/C20H26N4O5S/c1-16(25)22-17-10-12-18(13-11-17)30(28,29)24(19-8-5-6-14-21-19)15-7-3-2-4-9-20(26)23-27/h5-6,8,10-14,27H,2-4,7,9,15H2,1H3,(H,22,25)(H,23,26). The van der Waals surface area contributed by atoms with Gasteiger partial charge < -0.3 is 5.32 Å². The lowest BCUT2D eigenvalue weighted by Gasteiger charge is -2.23. The van der Waals surface area contributed by atoms with Gasteiger partial charge in [0.1, 0.15) is 5.82 Å². The van der Waals surface area contributed by atoms with E-state index in [0.29, 0.717) is 24.3 Å². The number of nitrogens with one attached hydrogen (secondary N) is 2. The number of pyridine rings is 1. The third-order valence-electron chi connectivity index (χ3n) is 4.31. The van der Waals surface area contributed by atoms with Gasteiger partial charge in [-0.15, -0.1) is 0 Å². The zero-order chi connectivity index (χ0) is 22.0. The minimum absolute atomic E-state index is 0.0990. The van der Waals surface area contributed by atoms with Gasteiger partial charge in [0.05, 0.1) is 4.90 Å². The summed E-state index contributed by atoms with van der Waals surface area (Å²) in [7, 11) is -3.85. The Kier molecular flexibility index (Phi) is 8.75. The molecule has 0 atom stereocenters. The summed E-state index contributed by atoms with van der Waals surface area (Å²) in [5.41, 5.74) is 2.10. The Bertz CT molecular complexity index is 933. The van der Waals surface area contributed by atoms with E-state index >= 15 is 0 Å². The molecule has 9 nitrogen and oxygen atoms in total. The molecule has 0 saturated carbocycles. The van der Waals surface area contributed by atoms with Gasteiger partial charge in [0.25, 0.3) is 10.0 Å². The van der Waals surface area contributed by atoms with Crippen molar-refractivity contribution in [3.8, 4) is 0 Å². The van der Waals surface area contributed by atoms with E-state index in [1.54, 1.807) is 23.7 Å². The van der Waals surface area contributed by atoms with Crippen molar-refractivity contribution in [3.05, 3.63) is 48.7 Å². The second-order valence-electron chi connectivity index (χ2n) is 6.67. The Morgan fingerprint density at radius 2 is 1.73 bits per heavy atom. The molecule has 0 unspecified atom stereocenters. The van der Waals surface area contributed by atoms with Crippen LogP contribution in [0.4, 0.5) is 11.5 Å². The highest BCUT2D eigenvalue weighted by atomic mass is 32.2. The molecule has 1 aromatic carbocycles. The zero-order valence-corrected chi connectivity index (χ0v) is 17.6. The highest BCUT2D eigenvalue weighted by Gasteiger charge is 2.25. The predicted octanol–water partition coefficient (Wildman–Crippen LogP) is 2.69. The van der Waals surface area contributed by atoms with Gasteiger partial charge >= 0.3 is 0 Å². The molecule has 3 N–H and O–H groups in total. The fourth-order valence-electron chi connectivity index (χ4n) is 2.85. The lowest BCUT2D eigenvalue weighted by Crippen LogP contribution is -2.32. The van der Waals surface area contributed by atoms with Crippen LogP contribution in [0.5, 0.6) is 0 Å². The zero-order valence-electron chi connectivity index (χ0n) is 16.7. The Balaban J connectivity index is 2.10. The van der Waals surface area contributed by atoms with Crippen LogP contribution in [-0.2, 0) is 19.6 Å². The van der Waals surface area contributed by atoms with E-state index in [2.05, 4.69) is 10.3 Å². The van der Waals surface area contributed by atoms with Crippen LogP contribution in [0.15, 0.2) is 53.6 Å². The Morgan fingerprint density at radius 1 is 1.03 bits per heavy atom. The van der Waals surface area contributed by atoms with Crippen molar-refractivity contribution in [1.82, 2.24) is 10.5 Å². The number of carbonyl (C=O) groups is 2. The summed E-state index contributed by atoms with van der Waals surface area (Å²) in [6, 6.07) is 11.0. The molecule has 1 aromatic heterocycles. The van der Waals surface area contributed by atoms with Crippen molar-refractivity contribution in [3.63, 3.8) is 0 Å². The fourth-order valence-corrected chi connectivity index (χ4v) is 4.31. The minimum Gasteiger partial charge on any atom is -0.326 e. The van der Waals surface area contributed by atoms with Crippen molar-refractivity contribution in [2.24, 2.45) is 0 Å². The van der Waals surface area contributed by atoms with Crippen LogP contribution in [0.3, 0.4) is 0 Å². The molecule has 0 aliphatic heterocycles. The van der Waals surface area contributed by atoms with Crippen LogP contribution >= 0.6 is 0 Å². The maximum Gasteiger partial charge on any atom is 0.265 e. The second kappa shape index (κ2) is 11.3. The molecular formula is C20H26N4O5S. The molecule has 0 aliphatic rings. The molecule has 162 valence electrons. The molecular weight excluding hydrogens is 408 g/mol. The number of sulfonamides is 1. The highest BCUT2D eigenvalue weighted by molar-refractivity contribution is 7.92. The first-order valence-electron chi connectivity index (χ1n) is 9.59. The average molecular weight is 435 g/mol. The van der Waals surface area contributed by atoms with E-state index in [-0.39, 0.29) is 23.8 Å². The van der Waals surface area contributed by atoms with E-state index in [9.17, 15) is 18.0 Å². The normalized spacial score (nSPS) is 11.0. The highest BCUT2D eigenvalue weighted by Crippen LogP contribution is 2.24. The number of hydroxylamine groups is 1. The topological polar surface area (TPSA) is 129 Å². The lowest BCUT2D eigenvalue weighted by molar-refractivity contribution is -0.129. The number of hydrogen-bond acceptors (Lipinski definition) is 6. The average Bonchev–Trinajstić information content (AvgIpc) is 2.73. The molecule has 0 fully saturated rings. The summed E-state index contributed by atoms with van der Waals surface area (Å²) in [6.07, 6.45) is 4.40. The number of hydrogen-bond donors (Lipinski definition) is 3. The van der Waals surface area contributed by atoms with E-state index < -0.39 is 15.9 Å². The molecule has 0 saturated heterocycles. The number of aromatic nitrogens is 1. The Morgan fingerprint density at radius 3 is 2.33 bits per heavy atom. The summed E-state index contributed by atoms with van der Waals surface area (Å²) in [4.78, 5) is 26.5. The van der Waals surface area contributed by atoms with E-state index in [0.717, 1.165) is 12.8 Å². The summed E-state index contributed by atoms with van der Waals surface area (Å²) < 4.78 is 27.7. The summed E-state index contributed by atoms with van der Waals surface area (Å²) in [5.74, 6) is -0.351. The monoisotopic (exact) mass is 434 g/mol. The van der Waals surface area contributed by atoms with Crippen LogP contribution in [0.25, 0.3) is 0 Å². The van der Waals surface area contributed by atoms with Gasteiger partial charge in [-0.05, 0) is 49.2 Å². The minimum atomic E-state index is -3.85. The molecule has 2 amide bonds. The van der Waals surface area contributed by atoms with E-state index in [4.69, 9.17) is 5.21 Å². The largest absolute Gasteiger partial charge is 0.326 e. The van der Waals surface area contributed by atoms with Gasteiger partial charge in [0.15, 0.2) is 0 Å². The summed E-state index contributed by atoms with van der Waals surface area (Å²) in [6.45, 7) is 1.61. The Labute approximate surface area is 176 Å². The first-order valence-corrected chi connectivity index (χ1v) is 11.0. The molecule has 0 radical (unpaired) electrons. The quantitative estimate of drug-likeness (QED) is 0.283. The first-order chi connectivity index (χ1) is 14.3. The molecule has 0 spiro atoms. The fraction of sp³-hybridized carbons (Fsp3) is 0.350. The Hall–Kier alpha value is -2.98. The van der Waals surface area contributed by atoms with Crippen molar-refractivity contribution in [1.29, 1.82) is 0 Å². The van der Waals surface area contributed by atoms with Crippen molar-refractivity contribution < 1.29 is 23.2 Å². The third-order valence-corrected chi connectivity index (χ3v) is 6.13. The van der Waals surface area contributed by atoms with Gasteiger partial charge in [-0.1, -0.05) is 18.9 Å². The number of rotatable bonds is 11. The number of benzene rings is 1. The number of carbonyl (C=O) groups excluding carboxylic acids is 2. The van der Waals surface area contributed by atoms with Gasteiger partial charge in [-0.2, -0.15) is 0 Å². The number of anilines is 2. The molecule has 30 heavy (non-hydrogen) atoms. The van der Waals surface area contributed by atoms with Crippen LogP contribution in [0.2, 0.25) is 0 Å². The smallest absolute Gasteiger partial charge is 0.265 e. The van der Waals surface area contributed by atoms with Gasteiger partial charge in [0.2, 0.25) is 11.8 Å². The second-order valence-corrected chi connectivity index (χ2v) is 8.53. The van der Waals surface area contributed by atoms with Crippen molar-refractivity contribution in [2.75, 3.05) is 16.2 Å². The van der Waals surface area contributed by atoms with Crippen LogP contribution < -0.4 is 15.1 Å². The van der Waals surface area contributed by atoms with E-state index in [1.165, 1.54) is 41.7 Å². The third kappa shape index (κ3) is 6.82. The molecule has 2 aromatic rings. The number of unbranched alkanes of at least 4 members (excludes halogenated alkanes) is 3. The molecule has 0 bridgehead atoms. The van der Waals surface area contributed by atoms with Crippen LogP contribution in [0.1, 0.15) is 39.0 Å². The molecule has 10 heteroatoms. The van der Waals surface area contributed by atoms with Crippen molar-refractivity contribution >= 4 is 33.3 Å². The van der Waals surface area contributed by atoms with Crippen LogP contribution in [-0.4, -0.2) is 37.0 Å². The number of amides is 2. The summed E-state index contributed by atoms with van der Waals surface area (Å²) >= 11 is 0. The first kappa shape index (κ1) is 23.3. The van der Waals surface area contributed by atoms with Gasteiger partial charge in [-0.25, -0.2) is 23.2 Å². The van der Waals surface area contributed by atoms with E-state index in [1.807, 2.05) is 0 Å². The maximum absolute atomic E-state index is 13.2. The molecule has 2 rings (SSSR count). The SMILES string of the molecule is CC(=O)Nc1ccc(S(=O)(=O)N(CCCCCCC(=O)NO)c2ccccn2)cc1. The molecule has 0 aliphatic carbocycles. The van der Waals surface area contributed by atoms with Gasteiger partial charge in [0, 0.05) is 31.8 Å².